The summed E-state index contributed by atoms with van der Waals surface area (Å²) in [7, 11) is 1.52. The summed E-state index contributed by atoms with van der Waals surface area (Å²) in [5.74, 6) is -0.659. The molecule has 0 fully saturated rings. The van der Waals surface area contributed by atoms with Gasteiger partial charge < -0.3 is 15.6 Å². The van der Waals surface area contributed by atoms with Crippen LogP contribution in [-0.4, -0.2) is 28.2 Å². The van der Waals surface area contributed by atoms with Gasteiger partial charge in [0.25, 0.3) is 0 Å². The van der Waals surface area contributed by atoms with E-state index in [-0.39, 0.29) is 11.3 Å². The van der Waals surface area contributed by atoms with Crippen LogP contribution in [0.1, 0.15) is 28.5 Å². The normalized spacial score (nSPS) is 10.7. The van der Waals surface area contributed by atoms with E-state index in [0.717, 1.165) is 12.0 Å². The number of aromatic nitrogens is 2. The number of aromatic carboxylic acids is 1. The first-order chi connectivity index (χ1) is 8.99. The maximum absolute atomic E-state index is 11.2. The van der Waals surface area contributed by atoms with Crippen molar-refractivity contribution in [2.24, 2.45) is 0 Å². The highest BCUT2D eigenvalue weighted by Crippen LogP contribution is 2.28. The number of aryl methyl sites for hydroxylation is 2. The van der Waals surface area contributed by atoms with Gasteiger partial charge >= 0.3 is 5.97 Å². The molecule has 0 radical (unpaired) electrons. The van der Waals surface area contributed by atoms with Crippen molar-refractivity contribution in [2.75, 3.05) is 12.8 Å². The number of nitrogen functional groups attached to an aromatic ring is 1. The molecule has 19 heavy (non-hydrogen) atoms. The summed E-state index contributed by atoms with van der Waals surface area (Å²) in [4.78, 5) is 19.7. The lowest BCUT2D eigenvalue weighted by molar-refractivity contribution is 0.0697. The van der Waals surface area contributed by atoms with Gasteiger partial charge in [0.15, 0.2) is 0 Å². The fourth-order valence-electron chi connectivity index (χ4n) is 2.06. The molecule has 0 aliphatic rings. The van der Waals surface area contributed by atoms with E-state index in [4.69, 9.17) is 15.6 Å². The zero-order chi connectivity index (χ0) is 14.2. The molecule has 100 valence electrons. The Morgan fingerprint density at radius 2 is 2.16 bits per heavy atom. The maximum atomic E-state index is 11.2. The number of pyridine rings is 2. The fraction of sp³-hybridized carbons (Fsp3) is 0.308. The van der Waals surface area contributed by atoms with Crippen LogP contribution in [0.4, 0.5) is 5.69 Å². The molecule has 2 aromatic rings. The molecular weight excluding hydrogens is 246 g/mol. The molecule has 0 aliphatic carbocycles. The number of rotatable bonds is 3. The molecule has 0 saturated heterocycles. The molecule has 0 unspecified atom stereocenters. The molecule has 2 heterocycles. The molecular formula is C13H15N3O3. The van der Waals surface area contributed by atoms with Gasteiger partial charge in [-0.3, -0.25) is 4.98 Å². The number of carboxylic acid groups (broad SMARTS) is 1. The average Bonchev–Trinajstić information content (AvgIpc) is 2.36. The summed E-state index contributed by atoms with van der Waals surface area (Å²) in [5, 5.41) is 9.15. The molecule has 3 N–H and O–H groups in total. The van der Waals surface area contributed by atoms with Crippen molar-refractivity contribution in [3.05, 3.63) is 22.9 Å². The van der Waals surface area contributed by atoms with E-state index < -0.39 is 5.97 Å². The Morgan fingerprint density at radius 3 is 2.68 bits per heavy atom. The minimum Gasteiger partial charge on any atom is -0.481 e. The van der Waals surface area contributed by atoms with E-state index in [1.165, 1.54) is 7.11 Å². The van der Waals surface area contributed by atoms with Crippen molar-refractivity contribution in [1.82, 2.24) is 9.97 Å². The van der Waals surface area contributed by atoms with E-state index >= 15 is 0 Å². The van der Waals surface area contributed by atoms with Crippen molar-refractivity contribution in [3.8, 4) is 5.88 Å². The number of nitrogens with two attached hydrogens (primary N) is 1. The zero-order valence-electron chi connectivity index (χ0n) is 11.0. The van der Waals surface area contributed by atoms with Crippen LogP contribution in [0.15, 0.2) is 6.07 Å². The van der Waals surface area contributed by atoms with Gasteiger partial charge in [-0.05, 0) is 19.4 Å². The highest BCUT2D eigenvalue weighted by molar-refractivity contribution is 6.03. The third kappa shape index (κ3) is 2.05. The monoisotopic (exact) mass is 261 g/mol. The Labute approximate surface area is 110 Å². The van der Waals surface area contributed by atoms with Crippen LogP contribution in [0, 0.1) is 6.92 Å². The first-order valence-electron chi connectivity index (χ1n) is 5.86. The minimum absolute atomic E-state index is 0.00805. The summed E-state index contributed by atoms with van der Waals surface area (Å²) in [6.45, 7) is 3.60. The van der Waals surface area contributed by atoms with Gasteiger partial charge in [0.1, 0.15) is 11.1 Å². The quantitative estimate of drug-likeness (QED) is 0.874. The summed E-state index contributed by atoms with van der Waals surface area (Å²) in [5.41, 5.74) is 8.24. The summed E-state index contributed by atoms with van der Waals surface area (Å²) in [6.07, 6.45) is 0.743. The number of ether oxygens (including phenoxy) is 1. The van der Waals surface area contributed by atoms with Crippen molar-refractivity contribution >= 4 is 22.7 Å². The van der Waals surface area contributed by atoms with Gasteiger partial charge in [-0.15, -0.1) is 0 Å². The molecule has 0 atom stereocenters. The number of methoxy groups -OCH3 is 1. The third-order valence-electron chi connectivity index (χ3n) is 3.00. The number of carbonyl (C=O) groups is 1. The second-order valence-electron chi connectivity index (χ2n) is 4.17. The Bertz CT molecular complexity index is 668. The fourth-order valence-corrected chi connectivity index (χ4v) is 2.06. The van der Waals surface area contributed by atoms with Gasteiger partial charge in [-0.2, -0.15) is 0 Å². The molecule has 6 heteroatoms. The largest absolute Gasteiger partial charge is 0.481 e. The van der Waals surface area contributed by atoms with Crippen molar-refractivity contribution in [3.63, 3.8) is 0 Å². The Hall–Kier alpha value is -2.37. The molecule has 2 aromatic heterocycles. The number of anilines is 1. The van der Waals surface area contributed by atoms with Gasteiger partial charge in [0.05, 0.1) is 24.0 Å². The SMILES string of the molecule is CCc1cc2nc(C)c(C(=O)O)c(N)c2nc1OC. The van der Waals surface area contributed by atoms with E-state index in [1.807, 2.05) is 13.0 Å². The van der Waals surface area contributed by atoms with E-state index in [9.17, 15) is 4.79 Å². The highest BCUT2D eigenvalue weighted by atomic mass is 16.5. The van der Waals surface area contributed by atoms with E-state index in [1.54, 1.807) is 6.92 Å². The zero-order valence-corrected chi connectivity index (χ0v) is 11.0. The maximum Gasteiger partial charge on any atom is 0.339 e. The average molecular weight is 261 g/mol. The van der Waals surface area contributed by atoms with Crippen LogP contribution in [0.2, 0.25) is 0 Å². The summed E-state index contributed by atoms with van der Waals surface area (Å²) < 4.78 is 5.19. The summed E-state index contributed by atoms with van der Waals surface area (Å²) in [6, 6.07) is 1.83. The first-order valence-corrected chi connectivity index (χ1v) is 5.86. The first kappa shape index (κ1) is 13.1. The van der Waals surface area contributed by atoms with Crippen LogP contribution < -0.4 is 10.5 Å². The smallest absolute Gasteiger partial charge is 0.339 e. The van der Waals surface area contributed by atoms with Crippen LogP contribution in [-0.2, 0) is 6.42 Å². The Kier molecular flexibility index (Phi) is 3.25. The van der Waals surface area contributed by atoms with E-state index in [2.05, 4.69) is 9.97 Å². The molecule has 6 nitrogen and oxygen atoms in total. The lowest BCUT2D eigenvalue weighted by Crippen LogP contribution is -2.09. The lowest BCUT2D eigenvalue weighted by atomic mass is 10.1. The number of nitrogens with zero attached hydrogens (tertiary/aromatic N) is 2. The molecule has 0 aromatic carbocycles. The second kappa shape index (κ2) is 4.72. The van der Waals surface area contributed by atoms with Crippen LogP contribution in [0.25, 0.3) is 11.0 Å². The number of fused-ring (bicyclic) bond motifs is 1. The minimum atomic E-state index is -1.11. The predicted molar refractivity (Wildman–Crippen MR) is 71.6 cm³/mol. The summed E-state index contributed by atoms with van der Waals surface area (Å²) >= 11 is 0. The standard InChI is InChI=1S/C13H15N3O3/c1-4-7-5-8-11(16-12(7)19-3)10(14)9(13(17)18)6(2)15-8/h5H,4H2,1-3H3,(H2,14,15)(H,17,18). The number of hydrogen-bond acceptors (Lipinski definition) is 5. The second-order valence-corrected chi connectivity index (χ2v) is 4.17. The van der Waals surface area contributed by atoms with Crippen LogP contribution in [0.5, 0.6) is 5.88 Å². The van der Waals surface area contributed by atoms with Gasteiger partial charge in [0, 0.05) is 5.56 Å². The molecule has 0 bridgehead atoms. The highest BCUT2D eigenvalue weighted by Gasteiger charge is 2.18. The molecule has 0 saturated carbocycles. The van der Waals surface area contributed by atoms with Gasteiger partial charge in [0.2, 0.25) is 5.88 Å². The third-order valence-corrected chi connectivity index (χ3v) is 3.00. The van der Waals surface area contributed by atoms with Crippen molar-refractivity contribution in [1.29, 1.82) is 0 Å². The van der Waals surface area contributed by atoms with Gasteiger partial charge in [-0.1, -0.05) is 6.92 Å². The van der Waals surface area contributed by atoms with Crippen molar-refractivity contribution < 1.29 is 14.6 Å². The lowest BCUT2D eigenvalue weighted by Gasteiger charge is -2.11. The Morgan fingerprint density at radius 1 is 1.47 bits per heavy atom. The van der Waals surface area contributed by atoms with Gasteiger partial charge in [-0.25, -0.2) is 9.78 Å². The number of carboxylic acids is 1. The van der Waals surface area contributed by atoms with Crippen LogP contribution >= 0.6 is 0 Å². The molecule has 0 amide bonds. The van der Waals surface area contributed by atoms with Crippen molar-refractivity contribution in [2.45, 2.75) is 20.3 Å². The molecule has 2 rings (SSSR count). The number of hydrogen-bond donors (Lipinski definition) is 2. The molecule has 0 spiro atoms. The molecule has 0 aliphatic heterocycles. The topological polar surface area (TPSA) is 98.3 Å². The van der Waals surface area contributed by atoms with Crippen LogP contribution in [0.3, 0.4) is 0 Å². The predicted octanol–water partition coefficient (Wildman–Crippen LogP) is 1.79. The van der Waals surface area contributed by atoms with E-state index in [0.29, 0.717) is 22.6 Å². The Balaban J connectivity index is 2.85.